The smallest absolute Gasteiger partial charge is 0.243 e. The number of hydrogen-bond donors (Lipinski definition) is 2. The number of nitrogens with zero attached hydrogens (tertiary/aromatic N) is 2. The number of likely N-dealkylation sites (N-methyl/N-ethyl adjacent to an activating group) is 1. The lowest BCUT2D eigenvalue weighted by Gasteiger charge is -2.16. The first kappa shape index (κ1) is 25.4. The molecule has 0 bridgehead atoms. The highest BCUT2D eigenvalue weighted by Gasteiger charge is 2.06. The van der Waals surface area contributed by atoms with Crippen LogP contribution in [0.4, 0.5) is 0 Å². The van der Waals surface area contributed by atoms with E-state index in [1.807, 2.05) is 12.1 Å². The number of benzene rings is 2. The maximum Gasteiger partial charge on any atom is 0.243 e. The standard InChI is InChI=1S/C31H36N4O/c1-35(21-18-28-23-34-30-11-5-4-10-29(28)30)24-27-14-12-25(13-15-27)8-3-2-6-20-33-31(36)17-16-26-9-7-19-32-22-26/h4-5,7,9-17,19,22-23,34H,2-3,6,8,18,20-21,24H2,1H3,(H,33,36)/b17-16+. The van der Waals surface area contributed by atoms with Crippen LogP contribution in [-0.4, -0.2) is 40.9 Å². The molecule has 0 aliphatic carbocycles. The van der Waals surface area contributed by atoms with Gasteiger partial charge in [-0.1, -0.05) is 55.0 Å². The molecule has 4 aromatic rings. The van der Waals surface area contributed by atoms with Crippen molar-refractivity contribution in [3.05, 3.63) is 108 Å². The Balaban J connectivity index is 1.09. The summed E-state index contributed by atoms with van der Waals surface area (Å²) in [6.45, 7) is 2.69. The molecule has 0 atom stereocenters. The summed E-state index contributed by atoms with van der Waals surface area (Å²) in [5.41, 5.74) is 6.25. The highest BCUT2D eigenvalue weighted by Crippen LogP contribution is 2.18. The van der Waals surface area contributed by atoms with Crippen LogP contribution in [0.2, 0.25) is 0 Å². The van der Waals surface area contributed by atoms with Crippen LogP contribution >= 0.6 is 0 Å². The van der Waals surface area contributed by atoms with E-state index in [4.69, 9.17) is 0 Å². The maximum atomic E-state index is 11.9. The van der Waals surface area contributed by atoms with E-state index in [1.165, 1.54) is 27.6 Å². The average Bonchev–Trinajstić information content (AvgIpc) is 3.33. The van der Waals surface area contributed by atoms with Crippen LogP contribution in [0.1, 0.15) is 41.5 Å². The van der Waals surface area contributed by atoms with Crippen molar-refractivity contribution in [2.75, 3.05) is 20.1 Å². The van der Waals surface area contributed by atoms with Crippen LogP contribution in [0.3, 0.4) is 0 Å². The topological polar surface area (TPSA) is 61.0 Å². The van der Waals surface area contributed by atoms with Gasteiger partial charge in [-0.25, -0.2) is 0 Å². The lowest BCUT2D eigenvalue weighted by Crippen LogP contribution is -2.22. The van der Waals surface area contributed by atoms with Gasteiger partial charge in [0.25, 0.3) is 0 Å². The predicted octanol–water partition coefficient (Wildman–Crippen LogP) is 5.78. The molecule has 5 heteroatoms. The van der Waals surface area contributed by atoms with Gasteiger partial charge in [0.2, 0.25) is 5.91 Å². The van der Waals surface area contributed by atoms with Gasteiger partial charge >= 0.3 is 0 Å². The van der Waals surface area contributed by atoms with E-state index in [0.717, 1.165) is 50.8 Å². The number of hydrogen-bond acceptors (Lipinski definition) is 3. The number of rotatable bonds is 13. The fraction of sp³-hybridized carbons (Fsp3) is 0.290. The van der Waals surface area contributed by atoms with Crippen molar-refractivity contribution in [2.24, 2.45) is 0 Å². The van der Waals surface area contributed by atoms with Gasteiger partial charge in [-0.15, -0.1) is 0 Å². The van der Waals surface area contributed by atoms with Gasteiger partial charge in [0, 0.05) is 55.2 Å². The van der Waals surface area contributed by atoms with E-state index < -0.39 is 0 Å². The summed E-state index contributed by atoms with van der Waals surface area (Å²) >= 11 is 0. The van der Waals surface area contributed by atoms with Crippen molar-refractivity contribution >= 4 is 22.9 Å². The van der Waals surface area contributed by atoms with Gasteiger partial charge in [0.15, 0.2) is 0 Å². The molecule has 2 aromatic heterocycles. The Labute approximate surface area is 214 Å². The Bertz CT molecular complexity index is 1240. The van der Waals surface area contributed by atoms with Crippen molar-refractivity contribution < 1.29 is 4.79 Å². The third-order valence-electron chi connectivity index (χ3n) is 6.47. The number of carbonyl (C=O) groups excluding carboxylic acids is 1. The van der Waals surface area contributed by atoms with E-state index in [9.17, 15) is 4.79 Å². The van der Waals surface area contributed by atoms with Crippen LogP contribution in [0, 0.1) is 0 Å². The number of aromatic amines is 1. The summed E-state index contributed by atoms with van der Waals surface area (Å²) < 4.78 is 0. The Morgan fingerprint density at radius 3 is 2.64 bits per heavy atom. The lowest BCUT2D eigenvalue weighted by atomic mass is 10.0. The Kier molecular flexibility index (Phi) is 9.46. The van der Waals surface area contributed by atoms with E-state index in [2.05, 4.69) is 82.0 Å². The number of aryl methyl sites for hydroxylation is 1. The minimum Gasteiger partial charge on any atom is -0.361 e. The largest absolute Gasteiger partial charge is 0.361 e. The third-order valence-corrected chi connectivity index (χ3v) is 6.47. The fourth-order valence-corrected chi connectivity index (χ4v) is 4.40. The summed E-state index contributed by atoms with van der Waals surface area (Å²) in [7, 11) is 2.19. The zero-order valence-electron chi connectivity index (χ0n) is 21.1. The number of carbonyl (C=O) groups is 1. The first-order chi connectivity index (χ1) is 17.7. The van der Waals surface area contributed by atoms with E-state index in [0.29, 0.717) is 6.54 Å². The predicted molar refractivity (Wildman–Crippen MR) is 149 cm³/mol. The number of fused-ring (bicyclic) bond motifs is 1. The molecule has 5 nitrogen and oxygen atoms in total. The van der Waals surface area contributed by atoms with Gasteiger partial charge in [-0.05, 0) is 73.2 Å². The van der Waals surface area contributed by atoms with Crippen LogP contribution in [-0.2, 0) is 24.2 Å². The number of aromatic nitrogens is 2. The van der Waals surface area contributed by atoms with Gasteiger partial charge in [-0.2, -0.15) is 0 Å². The Morgan fingerprint density at radius 2 is 1.81 bits per heavy atom. The highest BCUT2D eigenvalue weighted by molar-refractivity contribution is 5.91. The molecule has 0 fully saturated rings. The minimum atomic E-state index is -0.0548. The van der Waals surface area contributed by atoms with Gasteiger partial charge in [-0.3, -0.25) is 9.78 Å². The van der Waals surface area contributed by atoms with E-state index in [-0.39, 0.29) is 5.91 Å². The summed E-state index contributed by atoms with van der Waals surface area (Å²) in [6, 6.07) is 21.3. The van der Waals surface area contributed by atoms with Crippen molar-refractivity contribution in [2.45, 2.75) is 38.6 Å². The summed E-state index contributed by atoms with van der Waals surface area (Å²) in [4.78, 5) is 21.7. The number of pyridine rings is 1. The Morgan fingerprint density at radius 1 is 0.972 bits per heavy atom. The number of para-hydroxylation sites is 1. The first-order valence-electron chi connectivity index (χ1n) is 12.8. The molecule has 2 aromatic carbocycles. The zero-order valence-corrected chi connectivity index (χ0v) is 21.1. The van der Waals surface area contributed by atoms with Crippen LogP contribution in [0.25, 0.3) is 17.0 Å². The molecule has 0 saturated carbocycles. The molecule has 2 N–H and O–H groups in total. The molecule has 0 aliphatic rings. The zero-order chi connectivity index (χ0) is 25.0. The summed E-state index contributed by atoms with van der Waals surface area (Å²) in [5.74, 6) is -0.0548. The number of H-pyrrole nitrogens is 1. The first-order valence-corrected chi connectivity index (χ1v) is 12.8. The molecule has 2 heterocycles. The van der Waals surface area contributed by atoms with Gasteiger partial charge in [0.05, 0.1) is 0 Å². The molecule has 1 amide bonds. The average molecular weight is 481 g/mol. The molecule has 0 unspecified atom stereocenters. The van der Waals surface area contributed by atoms with Crippen molar-refractivity contribution in [1.82, 2.24) is 20.2 Å². The molecule has 36 heavy (non-hydrogen) atoms. The molecule has 4 rings (SSSR count). The molecule has 0 spiro atoms. The van der Waals surface area contributed by atoms with Gasteiger partial charge in [0.1, 0.15) is 0 Å². The van der Waals surface area contributed by atoms with Crippen molar-refractivity contribution in [1.29, 1.82) is 0 Å². The van der Waals surface area contributed by atoms with Gasteiger partial charge < -0.3 is 15.2 Å². The highest BCUT2D eigenvalue weighted by atomic mass is 16.1. The van der Waals surface area contributed by atoms with Crippen molar-refractivity contribution in [3.63, 3.8) is 0 Å². The van der Waals surface area contributed by atoms with Crippen molar-refractivity contribution in [3.8, 4) is 0 Å². The SMILES string of the molecule is CN(CCc1c[nH]c2ccccc12)Cc1ccc(CCCCCNC(=O)/C=C/c2cccnc2)cc1. The number of unbranched alkanes of at least 4 members (excludes halogenated alkanes) is 2. The number of amides is 1. The minimum absolute atomic E-state index is 0.0548. The maximum absolute atomic E-state index is 11.9. The number of nitrogens with one attached hydrogen (secondary N) is 2. The van der Waals surface area contributed by atoms with Crippen LogP contribution in [0.15, 0.2) is 85.3 Å². The third kappa shape index (κ3) is 7.92. The van der Waals surface area contributed by atoms with E-state index in [1.54, 1.807) is 24.5 Å². The lowest BCUT2D eigenvalue weighted by molar-refractivity contribution is -0.116. The summed E-state index contributed by atoms with van der Waals surface area (Å²) in [6.07, 6.45) is 14.3. The van der Waals surface area contributed by atoms with E-state index >= 15 is 0 Å². The second-order valence-corrected chi connectivity index (χ2v) is 9.39. The quantitative estimate of drug-likeness (QED) is 0.188. The molecule has 0 radical (unpaired) electrons. The molecule has 0 aliphatic heterocycles. The Hall–Kier alpha value is -3.70. The molecular formula is C31H36N4O. The molecule has 0 saturated heterocycles. The second-order valence-electron chi connectivity index (χ2n) is 9.39. The van der Waals surface area contributed by atoms with Crippen LogP contribution in [0.5, 0.6) is 0 Å². The molecule has 186 valence electrons. The monoisotopic (exact) mass is 480 g/mol. The fourth-order valence-electron chi connectivity index (χ4n) is 4.40. The van der Waals surface area contributed by atoms with Crippen LogP contribution < -0.4 is 5.32 Å². The normalized spacial score (nSPS) is 11.5. The second kappa shape index (κ2) is 13.4. The molecular weight excluding hydrogens is 444 g/mol. The summed E-state index contributed by atoms with van der Waals surface area (Å²) in [5, 5.41) is 4.28.